The Balaban J connectivity index is 1.48. The molecule has 2 aromatic rings. The van der Waals surface area contributed by atoms with Gasteiger partial charge in [0, 0.05) is 23.9 Å². The monoisotopic (exact) mass is 519 g/mol. The molecule has 1 N–H and O–H groups in total. The number of hydrogen-bond acceptors (Lipinski definition) is 4. The van der Waals surface area contributed by atoms with Crippen molar-refractivity contribution in [1.29, 1.82) is 0 Å². The smallest absolute Gasteiger partial charge is 0.416 e. The number of thioether (sulfide) groups is 1. The van der Waals surface area contributed by atoms with Gasteiger partial charge in [0.15, 0.2) is 4.87 Å². The van der Waals surface area contributed by atoms with Crippen LogP contribution in [0.25, 0.3) is 0 Å². The lowest BCUT2D eigenvalue weighted by atomic mass is 9.95. The molecule has 5 rings (SSSR count). The Morgan fingerprint density at radius 3 is 2.53 bits per heavy atom. The van der Waals surface area contributed by atoms with Gasteiger partial charge < -0.3 is 15.0 Å². The number of halogens is 3. The number of nitrogens with one attached hydrogen (secondary N) is 1. The fourth-order valence-corrected chi connectivity index (χ4v) is 6.81. The van der Waals surface area contributed by atoms with Gasteiger partial charge in [0.2, 0.25) is 0 Å². The molecule has 0 bridgehead atoms. The average Bonchev–Trinajstić information content (AvgIpc) is 3.41. The Kier molecular flexibility index (Phi) is 6.57. The second-order valence-corrected chi connectivity index (χ2v) is 10.7. The van der Waals surface area contributed by atoms with Gasteiger partial charge in [-0.1, -0.05) is 31.4 Å². The molecule has 2 heterocycles. The summed E-state index contributed by atoms with van der Waals surface area (Å²) in [6.45, 7) is 0.510. The zero-order valence-corrected chi connectivity index (χ0v) is 20.8. The first-order chi connectivity index (χ1) is 17.2. The molecule has 0 radical (unpaired) electrons. The number of hydrogen-bond donors (Lipinski definition) is 1. The molecular formula is C26H28F3N3O3S. The third-order valence-electron chi connectivity index (χ3n) is 7.20. The van der Waals surface area contributed by atoms with Crippen molar-refractivity contribution in [2.75, 3.05) is 24.3 Å². The second kappa shape index (κ2) is 9.53. The van der Waals surface area contributed by atoms with Gasteiger partial charge >= 0.3 is 12.2 Å². The molecule has 1 spiro atoms. The van der Waals surface area contributed by atoms with E-state index in [0.29, 0.717) is 34.9 Å². The summed E-state index contributed by atoms with van der Waals surface area (Å²) in [7, 11) is 1.54. The minimum absolute atomic E-state index is 0.0939. The van der Waals surface area contributed by atoms with Crippen molar-refractivity contribution in [3.8, 4) is 5.75 Å². The molecule has 1 saturated heterocycles. The highest BCUT2D eigenvalue weighted by molar-refractivity contribution is 8.01. The van der Waals surface area contributed by atoms with E-state index < -0.39 is 16.6 Å². The summed E-state index contributed by atoms with van der Waals surface area (Å²) >= 11 is 1.41. The second-order valence-electron chi connectivity index (χ2n) is 9.40. The van der Waals surface area contributed by atoms with Crippen LogP contribution >= 0.6 is 11.8 Å². The number of urea groups is 1. The van der Waals surface area contributed by atoms with E-state index in [1.807, 2.05) is 0 Å². The Bertz CT molecular complexity index is 1150. The third-order valence-corrected chi connectivity index (χ3v) is 8.62. The van der Waals surface area contributed by atoms with E-state index in [1.165, 1.54) is 30.3 Å². The SMILES string of the molecule is COc1ccc2c(c1)[C@@]1(SCCN1C(=O)NC1CCCCC1)C(=O)N2Cc1ccc(C(F)(F)F)cc1. The summed E-state index contributed by atoms with van der Waals surface area (Å²) in [5, 5.41) is 3.14. The molecule has 1 atom stereocenters. The van der Waals surface area contributed by atoms with Crippen LogP contribution in [0.1, 0.15) is 48.8 Å². The van der Waals surface area contributed by atoms with Gasteiger partial charge in [-0.15, -0.1) is 11.8 Å². The standard InChI is InChI=1S/C26H28F3N3O3S/c1-35-20-11-12-22-21(15-20)25(32(13-14-36-25)24(34)30-19-5-3-2-4-6-19)23(33)31(22)16-17-7-9-18(10-8-17)26(27,28)29/h7-12,15,19H,2-6,13-14,16H2,1H3,(H,30,34)/t25-/m1/s1. The van der Waals surface area contributed by atoms with Crippen molar-refractivity contribution in [3.05, 3.63) is 59.2 Å². The van der Waals surface area contributed by atoms with Gasteiger partial charge in [0.1, 0.15) is 5.75 Å². The number of carbonyl (C=O) groups is 2. The van der Waals surface area contributed by atoms with Crippen LogP contribution in [0.2, 0.25) is 0 Å². The van der Waals surface area contributed by atoms with Crippen LogP contribution in [0.4, 0.5) is 23.7 Å². The largest absolute Gasteiger partial charge is 0.497 e. The number of benzene rings is 2. The fraction of sp³-hybridized carbons (Fsp3) is 0.462. The Labute approximate surface area is 212 Å². The number of ether oxygens (including phenoxy) is 1. The molecule has 6 nitrogen and oxygen atoms in total. The van der Waals surface area contributed by atoms with Crippen LogP contribution in [0, 0.1) is 0 Å². The summed E-state index contributed by atoms with van der Waals surface area (Å²) in [4.78, 5) is 29.5. The van der Waals surface area contributed by atoms with Gasteiger partial charge in [-0.3, -0.25) is 9.69 Å². The maximum absolute atomic E-state index is 14.1. The maximum Gasteiger partial charge on any atom is 0.416 e. The van der Waals surface area contributed by atoms with Crippen molar-refractivity contribution in [2.45, 2.75) is 55.7 Å². The lowest BCUT2D eigenvalue weighted by molar-refractivity contribution is -0.137. The van der Waals surface area contributed by atoms with Gasteiger partial charge in [0.05, 0.1) is 24.9 Å². The third kappa shape index (κ3) is 4.29. The topological polar surface area (TPSA) is 61.9 Å². The highest BCUT2D eigenvalue weighted by Gasteiger charge is 2.59. The van der Waals surface area contributed by atoms with E-state index in [-0.39, 0.29) is 24.5 Å². The van der Waals surface area contributed by atoms with E-state index in [9.17, 15) is 22.8 Å². The fourth-order valence-electron chi connectivity index (χ4n) is 5.36. The molecule has 192 valence electrons. The summed E-state index contributed by atoms with van der Waals surface area (Å²) in [5.41, 5.74) is 1.12. The number of alkyl halides is 3. The summed E-state index contributed by atoms with van der Waals surface area (Å²) in [6, 6.07) is 9.98. The first-order valence-corrected chi connectivity index (χ1v) is 13.1. The van der Waals surface area contributed by atoms with E-state index in [0.717, 1.165) is 37.8 Å². The number of fused-ring (bicyclic) bond motifs is 2. The number of methoxy groups -OCH3 is 1. The van der Waals surface area contributed by atoms with Crippen molar-refractivity contribution in [1.82, 2.24) is 10.2 Å². The van der Waals surface area contributed by atoms with Crippen molar-refractivity contribution in [3.63, 3.8) is 0 Å². The quantitative estimate of drug-likeness (QED) is 0.579. The molecule has 0 aromatic heterocycles. The molecule has 2 aliphatic heterocycles. The molecule has 2 aromatic carbocycles. The Hall–Kier alpha value is -2.88. The lowest BCUT2D eigenvalue weighted by Gasteiger charge is -2.35. The Morgan fingerprint density at radius 1 is 1.14 bits per heavy atom. The zero-order valence-electron chi connectivity index (χ0n) is 19.9. The number of nitrogens with zero attached hydrogens (tertiary/aromatic N) is 2. The minimum atomic E-state index is -4.43. The minimum Gasteiger partial charge on any atom is -0.497 e. The van der Waals surface area contributed by atoms with E-state index in [4.69, 9.17) is 4.74 Å². The molecule has 2 fully saturated rings. The van der Waals surface area contributed by atoms with Gasteiger partial charge in [0.25, 0.3) is 5.91 Å². The zero-order chi connectivity index (χ0) is 25.5. The Morgan fingerprint density at radius 2 is 1.86 bits per heavy atom. The molecule has 0 unspecified atom stereocenters. The first kappa shape index (κ1) is 24.8. The van der Waals surface area contributed by atoms with Gasteiger partial charge in [-0.05, 0) is 48.7 Å². The first-order valence-electron chi connectivity index (χ1n) is 12.1. The van der Waals surface area contributed by atoms with Crippen LogP contribution in [0.15, 0.2) is 42.5 Å². The summed E-state index contributed by atoms with van der Waals surface area (Å²) in [6.07, 6.45) is 0.744. The maximum atomic E-state index is 14.1. The van der Waals surface area contributed by atoms with Crippen LogP contribution in [-0.2, 0) is 22.4 Å². The van der Waals surface area contributed by atoms with Crippen LogP contribution in [0.3, 0.4) is 0 Å². The van der Waals surface area contributed by atoms with Crippen molar-refractivity contribution < 1.29 is 27.5 Å². The number of anilines is 1. The van der Waals surface area contributed by atoms with Crippen LogP contribution in [0.5, 0.6) is 5.75 Å². The molecule has 1 aliphatic carbocycles. The lowest BCUT2D eigenvalue weighted by Crippen LogP contribution is -2.55. The van der Waals surface area contributed by atoms with Crippen LogP contribution < -0.4 is 15.0 Å². The van der Waals surface area contributed by atoms with Gasteiger partial charge in [-0.2, -0.15) is 13.2 Å². The molecule has 10 heteroatoms. The number of rotatable bonds is 4. The molecule has 3 amide bonds. The summed E-state index contributed by atoms with van der Waals surface area (Å²) in [5.74, 6) is 0.888. The van der Waals surface area contributed by atoms with Crippen LogP contribution in [-0.4, -0.2) is 42.3 Å². The van der Waals surface area contributed by atoms with Crippen molar-refractivity contribution in [2.24, 2.45) is 0 Å². The average molecular weight is 520 g/mol. The summed E-state index contributed by atoms with van der Waals surface area (Å²) < 4.78 is 44.5. The molecular weight excluding hydrogens is 491 g/mol. The predicted octanol–water partition coefficient (Wildman–Crippen LogP) is 5.50. The van der Waals surface area contributed by atoms with E-state index in [2.05, 4.69) is 5.32 Å². The molecule has 3 aliphatic rings. The van der Waals surface area contributed by atoms with Gasteiger partial charge in [-0.25, -0.2) is 4.79 Å². The number of carbonyl (C=O) groups excluding carboxylic acids is 2. The normalized spacial score (nSPS) is 22.3. The number of amides is 3. The molecule has 1 saturated carbocycles. The predicted molar refractivity (Wildman–Crippen MR) is 132 cm³/mol. The van der Waals surface area contributed by atoms with Crippen molar-refractivity contribution >= 4 is 29.4 Å². The molecule has 36 heavy (non-hydrogen) atoms. The van der Waals surface area contributed by atoms with E-state index in [1.54, 1.807) is 35.1 Å². The highest BCUT2D eigenvalue weighted by atomic mass is 32.2. The van der Waals surface area contributed by atoms with E-state index >= 15 is 0 Å². The highest BCUT2D eigenvalue weighted by Crippen LogP contribution is 2.55.